The predicted octanol–water partition coefficient (Wildman–Crippen LogP) is 4.76. The molecule has 5 rings (SSSR count). The predicted molar refractivity (Wildman–Crippen MR) is 94.9 cm³/mol. The van der Waals surface area contributed by atoms with Crippen LogP contribution in [0.1, 0.15) is 50.5 Å². The summed E-state index contributed by atoms with van der Waals surface area (Å²) in [6.07, 6.45) is 8.03. The number of anilines is 1. The van der Waals surface area contributed by atoms with Crippen LogP contribution < -0.4 is 5.32 Å². The zero-order valence-corrected chi connectivity index (χ0v) is 15.2. The van der Waals surface area contributed by atoms with Crippen LogP contribution in [0.4, 0.5) is 5.69 Å². The van der Waals surface area contributed by atoms with Crippen molar-refractivity contribution in [3.63, 3.8) is 0 Å². The second-order valence-corrected chi connectivity index (χ2v) is 10.0. The van der Waals surface area contributed by atoms with E-state index in [1.165, 1.54) is 32.1 Å². The Kier molecular flexibility index (Phi) is 3.53. The maximum atomic E-state index is 12.6. The number of aromatic hydroxyl groups is 1. The van der Waals surface area contributed by atoms with E-state index in [4.69, 9.17) is 0 Å². The quantitative estimate of drug-likeness (QED) is 0.588. The van der Waals surface area contributed by atoms with Crippen molar-refractivity contribution in [2.45, 2.75) is 56.2 Å². The normalized spacial score (nSPS) is 37.8. The van der Waals surface area contributed by atoms with Crippen molar-refractivity contribution in [2.75, 3.05) is 5.32 Å². The number of aryl methyl sites for hydroxylation is 1. The number of alkyl halides is 1. The van der Waals surface area contributed by atoms with Crippen molar-refractivity contribution in [2.24, 2.45) is 17.3 Å². The fourth-order valence-corrected chi connectivity index (χ4v) is 7.34. The molecule has 4 aliphatic carbocycles. The van der Waals surface area contributed by atoms with Gasteiger partial charge in [0.1, 0.15) is 5.75 Å². The van der Waals surface area contributed by atoms with E-state index >= 15 is 0 Å². The topological polar surface area (TPSA) is 49.3 Å². The van der Waals surface area contributed by atoms with Crippen LogP contribution in [-0.4, -0.2) is 15.3 Å². The van der Waals surface area contributed by atoms with E-state index in [0.29, 0.717) is 12.1 Å². The maximum Gasteiger partial charge on any atom is 0.225 e. The zero-order chi connectivity index (χ0) is 16.2. The van der Waals surface area contributed by atoms with E-state index in [0.717, 1.165) is 23.8 Å². The summed E-state index contributed by atoms with van der Waals surface area (Å²) in [5.41, 5.74) is 1.68. The Labute approximate surface area is 146 Å². The molecular formula is C19H24BrNO2. The molecular weight excluding hydrogens is 354 g/mol. The summed E-state index contributed by atoms with van der Waals surface area (Å²) < 4.78 is 0.281. The Bertz CT molecular complexity index is 643. The molecule has 0 aromatic heterocycles. The highest BCUT2D eigenvalue weighted by Crippen LogP contribution is 2.65. The molecule has 2 unspecified atom stereocenters. The number of benzene rings is 1. The number of phenols is 1. The molecule has 4 heteroatoms. The van der Waals surface area contributed by atoms with Gasteiger partial charge in [-0.25, -0.2) is 0 Å². The van der Waals surface area contributed by atoms with Crippen LogP contribution in [0.15, 0.2) is 18.2 Å². The third kappa shape index (κ3) is 2.90. The van der Waals surface area contributed by atoms with Gasteiger partial charge in [0.25, 0.3) is 0 Å². The van der Waals surface area contributed by atoms with E-state index < -0.39 is 0 Å². The lowest BCUT2D eigenvalue weighted by Crippen LogP contribution is -2.53. The molecule has 0 spiro atoms. The van der Waals surface area contributed by atoms with E-state index in [2.05, 4.69) is 21.2 Å². The number of rotatable bonds is 3. The number of carbonyl (C=O) groups is 1. The highest BCUT2D eigenvalue weighted by atomic mass is 79.9. The van der Waals surface area contributed by atoms with Gasteiger partial charge in [-0.3, -0.25) is 4.79 Å². The van der Waals surface area contributed by atoms with Gasteiger partial charge < -0.3 is 10.4 Å². The van der Waals surface area contributed by atoms with Crippen molar-refractivity contribution in [3.8, 4) is 5.75 Å². The molecule has 4 aliphatic rings. The molecule has 1 amide bonds. The molecule has 1 aromatic rings. The van der Waals surface area contributed by atoms with Crippen LogP contribution in [0.5, 0.6) is 5.75 Å². The number of hydrogen-bond donors (Lipinski definition) is 2. The monoisotopic (exact) mass is 377 g/mol. The average molecular weight is 378 g/mol. The first-order chi connectivity index (χ1) is 10.8. The van der Waals surface area contributed by atoms with Crippen LogP contribution in [0.3, 0.4) is 0 Å². The first kappa shape index (κ1) is 15.5. The molecule has 0 saturated heterocycles. The first-order valence-corrected chi connectivity index (χ1v) is 9.43. The Morgan fingerprint density at radius 3 is 2.61 bits per heavy atom. The summed E-state index contributed by atoms with van der Waals surface area (Å²) in [6.45, 7) is 1.93. The molecule has 1 aromatic carbocycles. The van der Waals surface area contributed by atoms with Crippen LogP contribution in [0.2, 0.25) is 0 Å². The summed E-state index contributed by atoms with van der Waals surface area (Å²) in [6, 6.07) is 5.38. The lowest BCUT2D eigenvalue weighted by Gasteiger charge is -2.60. The third-order valence-electron chi connectivity index (χ3n) is 6.07. The largest absolute Gasteiger partial charge is 0.506 e. The fraction of sp³-hybridized carbons (Fsp3) is 0.632. The SMILES string of the molecule is Cc1ccc(NC(=O)CC23CC4CC(CC(Br)(C4)C2)C3)c(O)c1. The third-order valence-corrected chi connectivity index (χ3v) is 7.00. The molecule has 4 saturated carbocycles. The molecule has 2 N–H and O–H groups in total. The molecule has 0 radical (unpaired) electrons. The minimum absolute atomic E-state index is 0.0437. The molecule has 3 nitrogen and oxygen atoms in total. The molecule has 0 aliphatic heterocycles. The van der Waals surface area contributed by atoms with Gasteiger partial charge in [0, 0.05) is 10.7 Å². The number of nitrogens with one attached hydrogen (secondary N) is 1. The van der Waals surface area contributed by atoms with Gasteiger partial charge in [0.05, 0.1) is 5.69 Å². The van der Waals surface area contributed by atoms with Gasteiger partial charge >= 0.3 is 0 Å². The maximum absolute atomic E-state index is 12.6. The van der Waals surface area contributed by atoms with Gasteiger partial charge in [-0.15, -0.1) is 0 Å². The second-order valence-electron chi connectivity index (χ2n) is 8.36. The molecule has 23 heavy (non-hydrogen) atoms. The summed E-state index contributed by atoms with van der Waals surface area (Å²) in [5.74, 6) is 1.77. The first-order valence-electron chi connectivity index (χ1n) is 8.63. The Morgan fingerprint density at radius 1 is 1.30 bits per heavy atom. The Balaban J connectivity index is 1.48. The van der Waals surface area contributed by atoms with Crippen molar-refractivity contribution < 1.29 is 9.90 Å². The van der Waals surface area contributed by atoms with Crippen molar-refractivity contribution in [3.05, 3.63) is 23.8 Å². The van der Waals surface area contributed by atoms with Gasteiger partial charge in [-0.2, -0.15) is 0 Å². The van der Waals surface area contributed by atoms with Crippen molar-refractivity contribution in [1.29, 1.82) is 0 Å². The van der Waals surface area contributed by atoms with Gasteiger partial charge in [-0.05, 0) is 80.4 Å². The van der Waals surface area contributed by atoms with Gasteiger partial charge in [0.2, 0.25) is 5.91 Å². The fourth-order valence-electron chi connectivity index (χ4n) is 5.83. The minimum atomic E-state index is 0.0437. The summed E-state index contributed by atoms with van der Waals surface area (Å²) >= 11 is 4.00. The van der Waals surface area contributed by atoms with Gasteiger partial charge in [-0.1, -0.05) is 22.0 Å². The standard InChI is InChI=1S/C19H24BrNO2/c1-12-2-3-15(16(22)4-12)21-17(23)10-18-6-13-5-14(7-18)9-19(20,8-13)11-18/h2-4,13-14,22H,5-11H2,1H3,(H,21,23). The Morgan fingerprint density at radius 2 is 2.00 bits per heavy atom. The number of hydrogen-bond acceptors (Lipinski definition) is 2. The molecule has 2 atom stereocenters. The second kappa shape index (κ2) is 5.23. The minimum Gasteiger partial charge on any atom is -0.506 e. The lowest BCUT2D eigenvalue weighted by atomic mass is 9.48. The van der Waals surface area contributed by atoms with E-state index in [1.54, 1.807) is 12.1 Å². The summed E-state index contributed by atoms with van der Waals surface area (Å²) in [5, 5.41) is 12.9. The van der Waals surface area contributed by atoms with Gasteiger partial charge in [0.15, 0.2) is 0 Å². The van der Waals surface area contributed by atoms with Crippen LogP contribution >= 0.6 is 15.9 Å². The summed E-state index contributed by atoms with van der Waals surface area (Å²) in [7, 11) is 0. The van der Waals surface area contributed by atoms with E-state index in [-0.39, 0.29) is 21.4 Å². The number of halogens is 1. The van der Waals surface area contributed by atoms with Crippen molar-refractivity contribution in [1.82, 2.24) is 0 Å². The van der Waals surface area contributed by atoms with Crippen molar-refractivity contribution >= 4 is 27.5 Å². The molecule has 4 bridgehead atoms. The lowest BCUT2D eigenvalue weighted by molar-refractivity contribution is -0.123. The van der Waals surface area contributed by atoms with Crippen LogP contribution in [0, 0.1) is 24.2 Å². The summed E-state index contributed by atoms with van der Waals surface area (Å²) in [4.78, 5) is 12.6. The highest BCUT2D eigenvalue weighted by molar-refractivity contribution is 9.10. The average Bonchev–Trinajstić information content (AvgIpc) is 2.38. The smallest absolute Gasteiger partial charge is 0.225 e. The molecule has 0 heterocycles. The number of carbonyl (C=O) groups excluding carboxylic acids is 1. The van der Waals surface area contributed by atoms with E-state index in [9.17, 15) is 9.90 Å². The molecule has 124 valence electrons. The number of amides is 1. The van der Waals surface area contributed by atoms with E-state index in [1.807, 2.05) is 13.0 Å². The molecule has 4 fully saturated rings. The van der Waals surface area contributed by atoms with Crippen LogP contribution in [0.25, 0.3) is 0 Å². The Hall–Kier alpha value is -1.03. The highest BCUT2D eigenvalue weighted by Gasteiger charge is 2.57. The number of phenolic OH excluding ortho intramolecular Hbond substituents is 1. The zero-order valence-electron chi connectivity index (χ0n) is 13.6. The van der Waals surface area contributed by atoms with Crippen LogP contribution in [-0.2, 0) is 4.79 Å².